The molecule has 1 N–H and O–H groups in total. The van der Waals surface area contributed by atoms with Gasteiger partial charge in [-0.05, 0) is 48.9 Å². The normalized spacial score (nSPS) is 10.6. The number of amides is 2. The van der Waals surface area contributed by atoms with E-state index in [-0.39, 0.29) is 18.4 Å². The summed E-state index contributed by atoms with van der Waals surface area (Å²) >= 11 is 3.39. The van der Waals surface area contributed by atoms with Gasteiger partial charge in [-0.15, -0.1) is 0 Å². The number of hydrogen-bond acceptors (Lipinski definition) is 4. The van der Waals surface area contributed by atoms with Gasteiger partial charge in [0.2, 0.25) is 5.91 Å². The molecular formula is C19H17BrN4O2. The predicted molar refractivity (Wildman–Crippen MR) is 104 cm³/mol. The Morgan fingerprint density at radius 2 is 1.81 bits per heavy atom. The van der Waals surface area contributed by atoms with Gasteiger partial charge < -0.3 is 10.2 Å². The number of carbonyl (C=O) groups is 2. The lowest BCUT2D eigenvalue weighted by Crippen LogP contribution is -2.35. The molecule has 0 spiro atoms. The van der Waals surface area contributed by atoms with Gasteiger partial charge in [0.15, 0.2) is 0 Å². The van der Waals surface area contributed by atoms with Crippen LogP contribution in [0.5, 0.6) is 0 Å². The molecule has 1 heterocycles. The number of benzene rings is 2. The zero-order chi connectivity index (χ0) is 18.7. The van der Waals surface area contributed by atoms with Crippen molar-refractivity contribution < 1.29 is 9.59 Å². The van der Waals surface area contributed by atoms with Crippen molar-refractivity contribution in [1.29, 1.82) is 0 Å². The van der Waals surface area contributed by atoms with Gasteiger partial charge in [-0.25, -0.2) is 0 Å². The largest absolute Gasteiger partial charge is 0.332 e. The van der Waals surface area contributed by atoms with Crippen molar-refractivity contribution in [1.82, 2.24) is 14.9 Å². The van der Waals surface area contributed by atoms with Gasteiger partial charge in [0, 0.05) is 35.2 Å². The third-order valence-corrected chi connectivity index (χ3v) is 4.40. The van der Waals surface area contributed by atoms with Crippen molar-refractivity contribution in [2.24, 2.45) is 0 Å². The number of nitrogens with zero attached hydrogens (tertiary/aromatic N) is 3. The smallest absolute Gasteiger partial charge is 0.254 e. The molecule has 3 rings (SSSR count). The van der Waals surface area contributed by atoms with E-state index in [1.54, 1.807) is 37.6 Å². The second kappa shape index (κ2) is 7.61. The van der Waals surface area contributed by atoms with E-state index in [2.05, 4.69) is 31.2 Å². The first-order valence-corrected chi connectivity index (χ1v) is 8.75. The molecule has 2 amide bonds. The van der Waals surface area contributed by atoms with Crippen LogP contribution in [0.4, 0.5) is 5.69 Å². The topological polar surface area (TPSA) is 75.2 Å². The highest BCUT2D eigenvalue weighted by Gasteiger charge is 2.16. The summed E-state index contributed by atoms with van der Waals surface area (Å²) in [6, 6.07) is 10.7. The molecule has 0 aliphatic carbocycles. The van der Waals surface area contributed by atoms with Crippen molar-refractivity contribution in [2.75, 3.05) is 18.9 Å². The van der Waals surface area contributed by atoms with Crippen LogP contribution in [-0.2, 0) is 4.79 Å². The van der Waals surface area contributed by atoms with Gasteiger partial charge >= 0.3 is 0 Å². The van der Waals surface area contributed by atoms with E-state index in [1.807, 2.05) is 25.1 Å². The number of hydrogen-bond donors (Lipinski definition) is 1. The van der Waals surface area contributed by atoms with Crippen LogP contribution in [0.3, 0.4) is 0 Å². The number of anilines is 1. The monoisotopic (exact) mass is 412 g/mol. The van der Waals surface area contributed by atoms with E-state index in [0.29, 0.717) is 11.1 Å². The van der Waals surface area contributed by atoms with Crippen LogP contribution in [0, 0.1) is 6.92 Å². The summed E-state index contributed by atoms with van der Waals surface area (Å²) in [6.07, 6.45) is 3.18. The third kappa shape index (κ3) is 4.05. The van der Waals surface area contributed by atoms with Crippen LogP contribution >= 0.6 is 15.9 Å². The van der Waals surface area contributed by atoms with Gasteiger partial charge in [-0.2, -0.15) is 0 Å². The molecule has 0 atom stereocenters. The molecule has 0 saturated heterocycles. The van der Waals surface area contributed by atoms with Crippen molar-refractivity contribution in [2.45, 2.75) is 6.92 Å². The molecule has 2 aromatic carbocycles. The van der Waals surface area contributed by atoms with E-state index in [9.17, 15) is 9.59 Å². The van der Waals surface area contributed by atoms with E-state index >= 15 is 0 Å². The van der Waals surface area contributed by atoms with Gasteiger partial charge in [0.05, 0.1) is 17.6 Å². The number of halogens is 1. The summed E-state index contributed by atoms with van der Waals surface area (Å²) in [5.41, 5.74) is 3.49. The Kier molecular flexibility index (Phi) is 5.27. The summed E-state index contributed by atoms with van der Waals surface area (Å²) in [4.78, 5) is 34.6. The second-order valence-corrected chi connectivity index (χ2v) is 6.84. The van der Waals surface area contributed by atoms with Crippen LogP contribution in [0.15, 0.2) is 53.3 Å². The molecule has 3 aromatic rings. The summed E-state index contributed by atoms with van der Waals surface area (Å²) in [7, 11) is 1.59. The summed E-state index contributed by atoms with van der Waals surface area (Å²) < 4.78 is 0.944. The molecule has 0 aliphatic rings. The van der Waals surface area contributed by atoms with Crippen LogP contribution in [0.2, 0.25) is 0 Å². The summed E-state index contributed by atoms with van der Waals surface area (Å²) in [5.74, 6) is -0.507. The lowest BCUT2D eigenvalue weighted by Gasteiger charge is -2.17. The maximum atomic E-state index is 12.6. The van der Waals surface area contributed by atoms with Crippen molar-refractivity contribution in [3.05, 3.63) is 64.4 Å². The number of likely N-dealkylation sites (N-methyl/N-ethyl adjacent to an activating group) is 1. The molecule has 6 nitrogen and oxygen atoms in total. The Balaban J connectivity index is 1.68. The number of carbonyl (C=O) groups excluding carboxylic acids is 2. The first kappa shape index (κ1) is 18.0. The SMILES string of the molecule is Cc1cc(Br)ccc1NC(=O)CN(C)C(=O)c1ccc2nccnc2c1. The van der Waals surface area contributed by atoms with Crippen LogP contribution in [0.25, 0.3) is 11.0 Å². The minimum absolute atomic E-state index is 0.0488. The highest BCUT2D eigenvalue weighted by Crippen LogP contribution is 2.20. The van der Waals surface area contributed by atoms with Gasteiger partial charge in [-0.3, -0.25) is 19.6 Å². The van der Waals surface area contributed by atoms with E-state index in [4.69, 9.17) is 0 Å². The fraction of sp³-hybridized carbons (Fsp3) is 0.158. The first-order valence-electron chi connectivity index (χ1n) is 7.96. The van der Waals surface area contributed by atoms with Crippen LogP contribution in [0.1, 0.15) is 15.9 Å². The highest BCUT2D eigenvalue weighted by atomic mass is 79.9. The molecule has 26 heavy (non-hydrogen) atoms. The summed E-state index contributed by atoms with van der Waals surface area (Å²) in [5, 5.41) is 2.83. The van der Waals surface area contributed by atoms with Crippen LogP contribution in [-0.4, -0.2) is 40.3 Å². The average Bonchev–Trinajstić information content (AvgIpc) is 2.63. The molecule has 0 bridgehead atoms. The molecule has 0 radical (unpaired) electrons. The predicted octanol–water partition coefficient (Wildman–Crippen LogP) is 3.41. The molecule has 1 aromatic heterocycles. The minimum Gasteiger partial charge on any atom is -0.332 e. The fourth-order valence-corrected chi connectivity index (χ4v) is 3.04. The standard InChI is InChI=1S/C19H17BrN4O2/c1-12-9-14(20)4-6-15(12)23-18(25)11-24(2)19(26)13-3-5-16-17(10-13)22-8-7-21-16/h3-10H,11H2,1-2H3,(H,23,25). The Hall–Kier alpha value is -2.80. The van der Waals surface area contributed by atoms with Gasteiger partial charge in [-0.1, -0.05) is 15.9 Å². The lowest BCUT2D eigenvalue weighted by molar-refractivity contribution is -0.116. The first-order chi connectivity index (χ1) is 12.4. The van der Waals surface area contributed by atoms with Crippen molar-refractivity contribution in [3.63, 3.8) is 0 Å². The number of aryl methyl sites for hydroxylation is 1. The molecule has 7 heteroatoms. The molecule has 132 valence electrons. The Bertz CT molecular complexity index is 990. The van der Waals surface area contributed by atoms with Crippen molar-refractivity contribution in [3.8, 4) is 0 Å². The van der Waals surface area contributed by atoms with Gasteiger partial charge in [0.25, 0.3) is 5.91 Å². The number of nitrogens with one attached hydrogen (secondary N) is 1. The molecule has 0 saturated carbocycles. The Morgan fingerprint density at radius 3 is 2.54 bits per heavy atom. The Labute approximate surface area is 159 Å². The zero-order valence-electron chi connectivity index (χ0n) is 14.4. The van der Waals surface area contributed by atoms with Gasteiger partial charge in [0.1, 0.15) is 0 Å². The molecular weight excluding hydrogens is 396 g/mol. The lowest BCUT2D eigenvalue weighted by atomic mass is 10.1. The maximum Gasteiger partial charge on any atom is 0.254 e. The highest BCUT2D eigenvalue weighted by molar-refractivity contribution is 9.10. The second-order valence-electron chi connectivity index (χ2n) is 5.93. The number of aromatic nitrogens is 2. The molecule has 0 unspecified atom stereocenters. The third-order valence-electron chi connectivity index (χ3n) is 3.91. The van der Waals surface area contributed by atoms with Crippen molar-refractivity contribution >= 4 is 44.5 Å². The van der Waals surface area contributed by atoms with E-state index < -0.39 is 0 Å². The minimum atomic E-state index is -0.258. The summed E-state index contributed by atoms with van der Waals surface area (Å²) in [6.45, 7) is 1.86. The van der Waals surface area contributed by atoms with E-state index in [1.165, 1.54) is 4.90 Å². The van der Waals surface area contributed by atoms with Crippen LogP contribution < -0.4 is 5.32 Å². The number of rotatable bonds is 4. The number of fused-ring (bicyclic) bond motifs is 1. The Morgan fingerprint density at radius 1 is 1.08 bits per heavy atom. The zero-order valence-corrected chi connectivity index (χ0v) is 15.9. The quantitative estimate of drug-likeness (QED) is 0.712. The molecule has 0 aliphatic heterocycles. The fourth-order valence-electron chi connectivity index (χ4n) is 2.56. The van der Waals surface area contributed by atoms with E-state index in [0.717, 1.165) is 21.2 Å². The maximum absolute atomic E-state index is 12.6. The average molecular weight is 413 g/mol. The molecule has 0 fully saturated rings.